The predicted molar refractivity (Wildman–Crippen MR) is 100.0 cm³/mol. The van der Waals surface area contributed by atoms with Crippen molar-refractivity contribution < 1.29 is 14.3 Å². The van der Waals surface area contributed by atoms with Crippen LogP contribution in [-0.4, -0.2) is 43.0 Å². The molecule has 3 rings (SSSR count). The molecule has 1 heterocycles. The van der Waals surface area contributed by atoms with E-state index in [0.29, 0.717) is 24.4 Å². The van der Waals surface area contributed by atoms with Gasteiger partial charge in [0.1, 0.15) is 11.8 Å². The molecule has 0 unspecified atom stereocenters. The first-order chi connectivity index (χ1) is 12.0. The van der Waals surface area contributed by atoms with Gasteiger partial charge in [-0.2, -0.15) is 0 Å². The highest BCUT2D eigenvalue weighted by molar-refractivity contribution is 9.10. The molecule has 1 saturated heterocycles. The normalized spacial score (nSPS) is 17.6. The highest BCUT2D eigenvalue weighted by atomic mass is 79.9. The summed E-state index contributed by atoms with van der Waals surface area (Å²) in [5, 5.41) is 0. The number of halogens is 1. The van der Waals surface area contributed by atoms with Crippen LogP contribution >= 0.6 is 15.9 Å². The van der Waals surface area contributed by atoms with Gasteiger partial charge in [-0.25, -0.2) is 0 Å². The largest absolute Gasteiger partial charge is 0.497 e. The molecule has 0 aliphatic carbocycles. The van der Waals surface area contributed by atoms with E-state index in [2.05, 4.69) is 15.9 Å². The van der Waals surface area contributed by atoms with Crippen molar-refractivity contribution in [3.63, 3.8) is 0 Å². The number of hydrogen-bond acceptors (Lipinski definition) is 3. The van der Waals surface area contributed by atoms with Crippen LogP contribution in [0.5, 0.6) is 5.75 Å². The summed E-state index contributed by atoms with van der Waals surface area (Å²) in [5.41, 5.74) is 1.40. The van der Waals surface area contributed by atoms with Crippen LogP contribution in [-0.2, 0) is 4.79 Å². The fourth-order valence-corrected chi connectivity index (χ4v) is 3.19. The first kappa shape index (κ1) is 17.5. The predicted octanol–water partition coefficient (Wildman–Crippen LogP) is 3.34. The van der Waals surface area contributed by atoms with Crippen molar-refractivity contribution >= 4 is 33.4 Å². The van der Waals surface area contributed by atoms with E-state index in [1.807, 2.05) is 24.3 Å². The Balaban J connectivity index is 1.76. The molecule has 2 aromatic rings. The lowest BCUT2D eigenvalue weighted by atomic mass is 10.1. The molecule has 0 spiro atoms. The minimum absolute atomic E-state index is 0.0737. The van der Waals surface area contributed by atoms with Crippen LogP contribution in [0.2, 0.25) is 0 Å². The Hall–Kier alpha value is -2.34. The van der Waals surface area contributed by atoms with Crippen LogP contribution in [0.1, 0.15) is 17.3 Å². The number of ether oxygens (including phenoxy) is 1. The van der Waals surface area contributed by atoms with E-state index < -0.39 is 6.04 Å². The van der Waals surface area contributed by atoms with Gasteiger partial charge >= 0.3 is 0 Å². The first-order valence-electron chi connectivity index (χ1n) is 8.03. The van der Waals surface area contributed by atoms with Crippen LogP contribution in [0.4, 0.5) is 5.69 Å². The van der Waals surface area contributed by atoms with Gasteiger partial charge in [-0.1, -0.05) is 15.9 Å². The molecule has 2 aromatic carbocycles. The molecule has 0 aromatic heterocycles. The number of rotatable bonds is 3. The molecule has 0 bridgehead atoms. The van der Waals surface area contributed by atoms with Gasteiger partial charge in [0.2, 0.25) is 5.91 Å². The van der Waals surface area contributed by atoms with E-state index in [-0.39, 0.29) is 11.8 Å². The number of nitrogens with zero attached hydrogens (tertiary/aromatic N) is 2. The van der Waals surface area contributed by atoms with Crippen molar-refractivity contribution in [2.45, 2.75) is 13.0 Å². The second kappa shape index (κ2) is 7.27. The Bertz CT molecular complexity index is 774. The van der Waals surface area contributed by atoms with Gasteiger partial charge in [-0.05, 0) is 55.5 Å². The van der Waals surface area contributed by atoms with Gasteiger partial charge in [-0.15, -0.1) is 0 Å². The lowest BCUT2D eigenvalue weighted by molar-refractivity contribution is -0.124. The van der Waals surface area contributed by atoms with Gasteiger partial charge in [-0.3, -0.25) is 9.59 Å². The number of benzene rings is 2. The fourth-order valence-electron chi connectivity index (χ4n) is 2.92. The summed E-state index contributed by atoms with van der Waals surface area (Å²) < 4.78 is 6.08. The van der Waals surface area contributed by atoms with Crippen molar-refractivity contribution in [1.29, 1.82) is 0 Å². The Morgan fingerprint density at radius 1 is 1.08 bits per heavy atom. The third kappa shape index (κ3) is 3.54. The second-order valence-corrected chi connectivity index (χ2v) is 6.78. The fraction of sp³-hybridized carbons (Fsp3) is 0.263. The van der Waals surface area contributed by atoms with Gasteiger partial charge < -0.3 is 14.5 Å². The van der Waals surface area contributed by atoms with Crippen LogP contribution in [0, 0.1) is 0 Å². The van der Waals surface area contributed by atoms with Crippen LogP contribution < -0.4 is 9.64 Å². The quantitative estimate of drug-likeness (QED) is 0.790. The molecule has 1 aliphatic heterocycles. The van der Waals surface area contributed by atoms with Crippen molar-refractivity contribution in [2.24, 2.45) is 0 Å². The molecule has 2 amide bonds. The highest BCUT2D eigenvalue weighted by Crippen LogP contribution is 2.24. The molecule has 25 heavy (non-hydrogen) atoms. The summed E-state index contributed by atoms with van der Waals surface area (Å²) in [5.74, 6) is 0.482. The van der Waals surface area contributed by atoms with Crippen molar-refractivity contribution in [2.75, 3.05) is 25.1 Å². The summed E-state index contributed by atoms with van der Waals surface area (Å²) in [6.45, 7) is 2.75. The number of carbonyl (C=O) groups is 2. The molecule has 0 radical (unpaired) electrons. The van der Waals surface area contributed by atoms with Crippen LogP contribution in [0.25, 0.3) is 0 Å². The molecule has 1 aliphatic rings. The van der Waals surface area contributed by atoms with E-state index in [0.717, 1.165) is 10.2 Å². The third-order valence-corrected chi connectivity index (χ3v) is 4.92. The average Bonchev–Trinajstić information content (AvgIpc) is 2.64. The Morgan fingerprint density at radius 2 is 1.72 bits per heavy atom. The zero-order valence-corrected chi connectivity index (χ0v) is 15.7. The average molecular weight is 403 g/mol. The summed E-state index contributed by atoms with van der Waals surface area (Å²) >= 11 is 3.40. The van der Waals surface area contributed by atoms with Crippen molar-refractivity contribution in [3.8, 4) is 5.75 Å². The second-order valence-electron chi connectivity index (χ2n) is 5.87. The number of hydrogen-bond donors (Lipinski definition) is 0. The van der Waals surface area contributed by atoms with Crippen LogP contribution in [0.3, 0.4) is 0 Å². The maximum Gasteiger partial charge on any atom is 0.254 e. The van der Waals surface area contributed by atoms with E-state index in [9.17, 15) is 9.59 Å². The third-order valence-electron chi connectivity index (χ3n) is 4.39. The van der Waals surface area contributed by atoms with Crippen LogP contribution in [0.15, 0.2) is 53.0 Å². The highest BCUT2D eigenvalue weighted by Gasteiger charge is 2.35. The Morgan fingerprint density at radius 3 is 2.32 bits per heavy atom. The molecule has 130 valence electrons. The number of anilines is 1. The SMILES string of the molecule is COc1ccc(C(=O)N2CCN(c3ccc(Br)cc3)C(=O)[C@@H]2C)cc1. The Labute approximate surface area is 155 Å². The van der Waals surface area contributed by atoms with Gasteiger partial charge in [0.25, 0.3) is 5.91 Å². The number of carbonyl (C=O) groups excluding carboxylic acids is 2. The molecule has 1 atom stereocenters. The van der Waals surface area contributed by atoms with Crippen molar-refractivity contribution in [1.82, 2.24) is 4.90 Å². The van der Waals surface area contributed by atoms with Crippen molar-refractivity contribution in [3.05, 3.63) is 58.6 Å². The standard InChI is InChI=1S/C19H19BrN2O3/c1-13-18(23)22(16-7-5-15(20)6-8-16)12-11-21(13)19(24)14-3-9-17(25-2)10-4-14/h3-10,13H,11-12H2,1-2H3/t13-/m0/s1. The minimum Gasteiger partial charge on any atom is -0.497 e. The lowest BCUT2D eigenvalue weighted by Gasteiger charge is -2.39. The molecule has 1 fully saturated rings. The summed E-state index contributed by atoms with van der Waals surface area (Å²) in [7, 11) is 1.58. The summed E-state index contributed by atoms with van der Waals surface area (Å²) in [4.78, 5) is 28.9. The smallest absolute Gasteiger partial charge is 0.254 e. The van der Waals surface area contributed by atoms with Gasteiger partial charge in [0.15, 0.2) is 0 Å². The molecule has 0 N–H and O–H groups in total. The molecular formula is C19H19BrN2O3. The van der Waals surface area contributed by atoms with Gasteiger partial charge in [0.05, 0.1) is 7.11 Å². The summed E-state index contributed by atoms with van der Waals surface area (Å²) in [6, 6.07) is 14.0. The van der Waals surface area contributed by atoms with E-state index >= 15 is 0 Å². The van der Waals surface area contributed by atoms with E-state index in [1.165, 1.54) is 0 Å². The number of amides is 2. The molecule has 0 saturated carbocycles. The number of methoxy groups -OCH3 is 1. The van der Waals surface area contributed by atoms with E-state index in [4.69, 9.17) is 4.74 Å². The Kier molecular flexibility index (Phi) is 5.08. The zero-order chi connectivity index (χ0) is 18.0. The summed E-state index contributed by atoms with van der Waals surface area (Å²) in [6.07, 6.45) is 0. The van der Waals surface area contributed by atoms with E-state index in [1.54, 1.807) is 48.1 Å². The molecule has 6 heteroatoms. The lowest BCUT2D eigenvalue weighted by Crippen LogP contribution is -2.57. The minimum atomic E-state index is -0.507. The topological polar surface area (TPSA) is 49.9 Å². The molecular weight excluding hydrogens is 384 g/mol. The number of piperazine rings is 1. The maximum atomic E-state index is 12.8. The first-order valence-corrected chi connectivity index (χ1v) is 8.82. The molecule has 5 nitrogen and oxygen atoms in total. The maximum absolute atomic E-state index is 12.8. The van der Waals surface area contributed by atoms with Gasteiger partial charge in [0, 0.05) is 28.8 Å². The zero-order valence-electron chi connectivity index (χ0n) is 14.1. The monoisotopic (exact) mass is 402 g/mol.